The lowest BCUT2D eigenvalue weighted by Crippen LogP contribution is -2.33. The number of carbonyl (C=O) groups is 1. The Hall–Kier alpha value is -3.16. The lowest BCUT2D eigenvalue weighted by Gasteiger charge is -2.19. The second-order valence-corrected chi connectivity index (χ2v) is 6.63. The molecule has 0 aliphatic carbocycles. The van der Waals surface area contributed by atoms with Crippen molar-refractivity contribution in [2.75, 3.05) is 11.9 Å². The summed E-state index contributed by atoms with van der Waals surface area (Å²) in [6.07, 6.45) is 1.69. The molecule has 0 atom stereocenters. The Morgan fingerprint density at radius 2 is 1.92 bits per heavy atom. The fourth-order valence-corrected chi connectivity index (χ4v) is 2.15. The molecule has 0 radical (unpaired) electrons. The Labute approximate surface area is 151 Å². The van der Waals surface area contributed by atoms with Gasteiger partial charge in [-0.3, -0.25) is 10.1 Å². The van der Waals surface area contributed by atoms with Crippen LogP contribution in [0.2, 0.25) is 0 Å². The Morgan fingerprint density at radius 1 is 1.23 bits per heavy atom. The SMILES string of the molecule is CC(C)(C)OC(=O)NCCc1ccc(Nc2ncccc2[N+](=O)[O-])cc1. The smallest absolute Gasteiger partial charge is 0.407 e. The van der Waals surface area contributed by atoms with Gasteiger partial charge in [-0.15, -0.1) is 0 Å². The van der Waals surface area contributed by atoms with Gasteiger partial charge in [-0.05, 0) is 51.0 Å². The van der Waals surface area contributed by atoms with Crippen LogP contribution in [0.25, 0.3) is 0 Å². The number of nitrogens with one attached hydrogen (secondary N) is 2. The number of rotatable bonds is 6. The number of ether oxygens (including phenoxy) is 1. The summed E-state index contributed by atoms with van der Waals surface area (Å²) in [6, 6.07) is 10.3. The molecule has 0 spiro atoms. The summed E-state index contributed by atoms with van der Waals surface area (Å²) >= 11 is 0. The van der Waals surface area contributed by atoms with Crippen molar-refractivity contribution in [2.45, 2.75) is 32.8 Å². The second kappa shape index (κ2) is 8.28. The van der Waals surface area contributed by atoms with Crippen LogP contribution in [0, 0.1) is 10.1 Å². The van der Waals surface area contributed by atoms with E-state index in [0.717, 1.165) is 5.56 Å². The van der Waals surface area contributed by atoms with E-state index >= 15 is 0 Å². The van der Waals surface area contributed by atoms with Gasteiger partial charge in [-0.25, -0.2) is 9.78 Å². The maximum Gasteiger partial charge on any atom is 0.407 e. The second-order valence-electron chi connectivity index (χ2n) is 6.63. The van der Waals surface area contributed by atoms with Gasteiger partial charge >= 0.3 is 11.8 Å². The molecular formula is C18H22N4O4. The normalized spacial score (nSPS) is 10.9. The van der Waals surface area contributed by atoms with Crippen LogP contribution in [0.15, 0.2) is 42.6 Å². The zero-order chi connectivity index (χ0) is 19.2. The molecule has 0 bridgehead atoms. The maximum absolute atomic E-state index is 11.6. The molecule has 0 aliphatic heterocycles. The number of benzene rings is 1. The van der Waals surface area contributed by atoms with Crippen molar-refractivity contribution >= 4 is 23.3 Å². The topological polar surface area (TPSA) is 106 Å². The third-order valence-corrected chi connectivity index (χ3v) is 3.28. The molecule has 1 aromatic carbocycles. The van der Waals surface area contributed by atoms with Gasteiger partial charge in [0.25, 0.3) is 0 Å². The first kappa shape index (κ1) is 19.2. The van der Waals surface area contributed by atoms with Crippen LogP contribution in [0.3, 0.4) is 0 Å². The molecule has 8 heteroatoms. The van der Waals surface area contributed by atoms with Gasteiger partial charge in [0.1, 0.15) is 5.60 Å². The number of aromatic nitrogens is 1. The maximum atomic E-state index is 11.6. The monoisotopic (exact) mass is 358 g/mol. The molecule has 0 aliphatic rings. The van der Waals surface area contributed by atoms with E-state index in [0.29, 0.717) is 18.7 Å². The van der Waals surface area contributed by atoms with E-state index in [2.05, 4.69) is 15.6 Å². The highest BCUT2D eigenvalue weighted by Gasteiger charge is 2.16. The fourth-order valence-electron chi connectivity index (χ4n) is 2.15. The van der Waals surface area contributed by atoms with Crippen molar-refractivity contribution in [3.63, 3.8) is 0 Å². The average molecular weight is 358 g/mol. The van der Waals surface area contributed by atoms with Crippen molar-refractivity contribution in [1.29, 1.82) is 0 Å². The predicted octanol–water partition coefficient (Wildman–Crippen LogP) is 3.80. The molecule has 26 heavy (non-hydrogen) atoms. The average Bonchev–Trinajstić information content (AvgIpc) is 2.55. The van der Waals surface area contributed by atoms with Gasteiger partial charge in [0.15, 0.2) is 0 Å². The zero-order valence-corrected chi connectivity index (χ0v) is 15.0. The molecule has 0 unspecified atom stereocenters. The number of hydrogen-bond acceptors (Lipinski definition) is 6. The largest absolute Gasteiger partial charge is 0.444 e. The minimum atomic E-state index is -0.522. The van der Waals surface area contributed by atoms with E-state index < -0.39 is 16.6 Å². The highest BCUT2D eigenvalue weighted by molar-refractivity contribution is 5.67. The number of hydrogen-bond donors (Lipinski definition) is 2. The van der Waals surface area contributed by atoms with Gasteiger partial charge < -0.3 is 15.4 Å². The number of pyridine rings is 1. The first-order chi connectivity index (χ1) is 12.2. The molecule has 1 aromatic heterocycles. The minimum Gasteiger partial charge on any atom is -0.444 e. The molecule has 0 fully saturated rings. The standard InChI is InChI=1S/C18H22N4O4/c1-18(2,3)26-17(23)20-12-10-13-6-8-14(9-7-13)21-16-15(22(24)25)5-4-11-19-16/h4-9,11H,10,12H2,1-3H3,(H,19,21)(H,20,23). The summed E-state index contributed by atoms with van der Waals surface area (Å²) < 4.78 is 5.17. The molecule has 2 aromatic rings. The Balaban J connectivity index is 1.89. The molecule has 0 saturated carbocycles. The molecule has 0 saturated heterocycles. The van der Waals surface area contributed by atoms with Gasteiger partial charge in [-0.1, -0.05) is 12.1 Å². The third kappa shape index (κ3) is 6.04. The van der Waals surface area contributed by atoms with E-state index in [4.69, 9.17) is 4.74 Å². The first-order valence-corrected chi connectivity index (χ1v) is 8.17. The van der Waals surface area contributed by atoms with E-state index in [1.807, 2.05) is 32.9 Å². The van der Waals surface area contributed by atoms with E-state index in [1.54, 1.807) is 12.1 Å². The highest BCUT2D eigenvalue weighted by Crippen LogP contribution is 2.24. The third-order valence-electron chi connectivity index (χ3n) is 3.28. The summed E-state index contributed by atoms with van der Waals surface area (Å²) in [6.45, 7) is 5.88. The van der Waals surface area contributed by atoms with Crippen molar-refractivity contribution in [1.82, 2.24) is 10.3 Å². The Morgan fingerprint density at radius 3 is 2.54 bits per heavy atom. The lowest BCUT2D eigenvalue weighted by molar-refractivity contribution is -0.384. The number of carbonyl (C=O) groups excluding carboxylic acids is 1. The summed E-state index contributed by atoms with van der Waals surface area (Å²) in [5.74, 6) is 0.192. The van der Waals surface area contributed by atoms with Crippen LogP contribution in [0.5, 0.6) is 0 Å². The van der Waals surface area contributed by atoms with Crippen molar-refractivity contribution in [3.05, 3.63) is 58.3 Å². The Bertz CT molecular complexity index is 770. The number of nitro groups is 1. The van der Waals surface area contributed by atoms with Gasteiger partial charge in [0.05, 0.1) is 4.92 Å². The van der Waals surface area contributed by atoms with Gasteiger partial charge in [0.2, 0.25) is 5.82 Å². The lowest BCUT2D eigenvalue weighted by atomic mass is 10.1. The van der Waals surface area contributed by atoms with Crippen LogP contribution in [-0.4, -0.2) is 28.1 Å². The minimum absolute atomic E-state index is 0.0851. The van der Waals surface area contributed by atoms with Gasteiger partial charge in [-0.2, -0.15) is 0 Å². The number of alkyl carbamates (subject to hydrolysis) is 1. The zero-order valence-electron chi connectivity index (χ0n) is 15.0. The van der Waals surface area contributed by atoms with Crippen LogP contribution in [-0.2, 0) is 11.2 Å². The van der Waals surface area contributed by atoms with Crippen LogP contribution >= 0.6 is 0 Å². The number of amides is 1. The fraction of sp³-hybridized carbons (Fsp3) is 0.333. The molecule has 8 nitrogen and oxygen atoms in total. The molecular weight excluding hydrogens is 336 g/mol. The summed E-state index contributed by atoms with van der Waals surface area (Å²) in [4.78, 5) is 26.1. The predicted molar refractivity (Wildman–Crippen MR) is 98.6 cm³/mol. The first-order valence-electron chi connectivity index (χ1n) is 8.17. The molecule has 2 N–H and O–H groups in total. The number of nitrogens with zero attached hydrogens (tertiary/aromatic N) is 2. The van der Waals surface area contributed by atoms with Crippen LogP contribution in [0.1, 0.15) is 26.3 Å². The van der Waals surface area contributed by atoms with Gasteiger partial charge in [0, 0.05) is 24.5 Å². The van der Waals surface area contributed by atoms with Crippen molar-refractivity contribution in [3.8, 4) is 0 Å². The summed E-state index contributed by atoms with van der Waals surface area (Å²) in [5.41, 5.74) is 1.10. The Kier molecular flexibility index (Phi) is 6.11. The summed E-state index contributed by atoms with van der Waals surface area (Å²) in [7, 11) is 0. The van der Waals surface area contributed by atoms with E-state index in [9.17, 15) is 14.9 Å². The van der Waals surface area contributed by atoms with Crippen LogP contribution < -0.4 is 10.6 Å². The molecule has 138 valence electrons. The molecule has 1 heterocycles. The number of anilines is 2. The molecule has 2 rings (SSSR count). The van der Waals surface area contributed by atoms with E-state index in [-0.39, 0.29) is 11.5 Å². The van der Waals surface area contributed by atoms with Crippen molar-refractivity contribution < 1.29 is 14.5 Å². The quantitative estimate of drug-likeness (QED) is 0.601. The summed E-state index contributed by atoms with van der Waals surface area (Å²) in [5, 5.41) is 16.6. The highest BCUT2D eigenvalue weighted by atomic mass is 16.6. The van der Waals surface area contributed by atoms with Crippen molar-refractivity contribution in [2.24, 2.45) is 0 Å². The molecule has 1 amide bonds. The van der Waals surface area contributed by atoms with E-state index in [1.165, 1.54) is 18.3 Å². The van der Waals surface area contributed by atoms with Crippen LogP contribution in [0.4, 0.5) is 22.0 Å².